The molecule has 8 heteroatoms. The number of nitrogens with zero attached hydrogens (tertiary/aromatic N) is 2. The highest BCUT2D eigenvalue weighted by molar-refractivity contribution is 7.99. The summed E-state index contributed by atoms with van der Waals surface area (Å²) in [5.74, 6) is -0.352. The monoisotopic (exact) mass is 495 g/mol. The van der Waals surface area contributed by atoms with Gasteiger partial charge in [0.15, 0.2) is 5.16 Å². The summed E-state index contributed by atoms with van der Waals surface area (Å²) in [6.07, 6.45) is 1.63. The first-order valence-electron chi connectivity index (χ1n) is 10.0. The Labute approximate surface area is 205 Å². The van der Waals surface area contributed by atoms with Crippen LogP contribution in [0.15, 0.2) is 93.9 Å². The van der Waals surface area contributed by atoms with E-state index in [0.717, 1.165) is 10.5 Å². The zero-order valence-corrected chi connectivity index (χ0v) is 20.0. The van der Waals surface area contributed by atoms with E-state index in [1.807, 2.05) is 19.1 Å². The molecule has 0 aliphatic heterocycles. The molecule has 4 nitrogen and oxygen atoms in total. The first-order chi connectivity index (χ1) is 16.0. The fourth-order valence-corrected chi connectivity index (χ4v) is 4.63. The van der Waals surface area contributed by atoms with Crippen LogP contribution < -0.4 is 5.32 Å². The number of halogens is 2. The van der Waals surface area contributed by atoms with Crippen LogP contribution in [0.3, 0.4) is 0 Å². The molecule has 0 saturated heterocycles. The van der Waals surface area contributed by atoms with Crippen LogP contribution in [0.1, 0.15) is 21.6 Å². The van der Waals surface area contributed by atoms with Crippen LogP contribution in [0.2, 0.25) is 5.02 Å². The number of para-hydroxylation sites is 1. The SMILES string of the molecule is Cc1ccc(CSc2ncc(Sc3ccc(Cl)cc3)c(C(=O)Nc3ccccc3F)n2)cc1. The zero-order valence-electron chi connectivity index (χ0n) is 17.6. The minimum atomic E-state index is -0.513. The summed E-state index contributed by atoms with van der Waals surface area (Å²) in [5, 5.41) is 3.71. The predicted molar refractivity (Wildman–Crippen MR) is 133 cm³/mol. The molecular formula is C25H19ClFN3OS2. The Morgan fingerprint density at radius 1 is 1.03 bits per heavy atom. The molecule has 0 aliphatic carbocycles. The Kier molecular flexibility index (Phi) is 7.65. The third kappa shape index (κ3) is 6.35. The van der Waals surface area contributed by atoms with Crippen LogP contribution >= 0.6 is 35.1 Å². The minimum absolute atomic E-state index is 0.0948. The fraction of sp³-hybridized carbons (Fsp3) is 0.0800. The van der Waals surface area contributed by atoms with Crippen molar-refractivity contribution in [3.63, 3.8) is 0 Å². The van der Waals surface area contributed by atoms with Crippen molar-refractivity contribution in [2.45, 2.75) is 27.6 Å². The first-order valence-corrected chi connectivity index (χ1v) is 12.2. The average Bonchev–Trinajstić information content (AvgIpc) is 2.82. The second-order valence-corrected chi connectivity index (χ2v) is 9.62. The summed E-state index contributed by atoms with van der Waals surface area (Å²) in [4.78, 5) is 23.5. The molecule has 1 heterocycles. The van der Waals surface area contributed by atoms with Gasteiger partial charge in [-0.15, -0.1) is 0 Å². The van der Waals surface area contributed by atoms with Gasteiger partial charge < -0.3 is 5.32 Å². The van der Waals surface area contributed by atoms with E-state index in [-0.39, 0.29) is 11.4 Å². The molecule has 0 atom stereocenters. The normalized spacial score (nSPS) is 10.8. The summed E-state index contributed by atoms with van der Waals surface area (Å²) < 4.78 is 14.1. The van der Waals surface area contributed by atoms with E-state index < -0.39 is 11.7 Å². The van der Waals surface area contributed by atoms with E-state index in [1.165, 1.54) is 41.2 Å². The molecule has 0 aliphatic rings. The Morgan fingerprint density at radius 2 is 1.76 bits per heavy atom. The van der Waals surface area contributed by atoms with E-state index >= 15 is 0 Å². The van der Waals surface area contributed by atoms with E-state index in [9.17, 15) is 9.18 Å². The number of aryl methyl sites for hydroxylation is 1. The topological polar surface area (TPSA) is 54.9 Å². The molecule has 0 radical (unpaired) electrons. The minimum Gasteiger partial charge on any atom is -0.318 e. The van der Waals surface area contributed by atoms with E-state index in [2.05, 4.69) is 39.6 Å². The number of anilines is 1. The molecule has 0 bridgehead atoms. The van der Waals surface area contributed by atoms with Gasteiger partial charge in [-0.2, -0.15) is 0 Å². The van der Waals surface area contributed by atoms with E-state index in [0.29, 0.717) is 20.8 Å². The number of carbonyl (C=O) groups excluding carboxylic acids is 1. The lowest BCUT2D eigenvalue weighted by atomic mass is 10.2. The quantitative estimate of drug-likeness (QED) is 0.216. The maximum Gasteiger partial charge on any atom is 0.275 e. The van der Waals surface area contributed by atoms with Gasteiger partial charge in [0.05, 0.1) is 10.6 Å². The molecule has 166 valence electrons. The smallest absolute Gasteiger partial charge is 0.275 e. The maximum atomic E-state index is 14.1. The summed E-state index contributed by atoms with van der Waals surface area (Å²) in [6, 6.07) is 21.5. The van der Waals surface area contributed by atoms with E-state index in [1.54, 1.807) is 30.5 Å². The third-order valence-electron chi connectivity index (χ3n) is 4.60. The number of hydrogen-bond donors (Lipinski definition) is 1. The van der Waals surface area contributed by atoms with E-state index in [4.69, 9.17) is 11.6 Å². The lowest BCUT2D eigenvalue weighted by Gasteiger charge is -2.11. The van der Waals surface area contributed by atoms with Crippen LogP contribution in [0, 0.1) is 12.7 Å². The van der Waals surface area contributed by atoms with Crippen molar-refractivity contribution < 1.29 is 9.18 Å². The molecule has 0 saturated carbocycles. The number of nitrogens with one attached hydrogen (secondary N) is 1. The number of amides is 1. The van der Waals surface area contributed by atoms with Gasteiger partial charge in [-0.25, -0.2) is 14.4 Å². The van der Waals surface area contributed by atoms with Gasteiger partial charge in [-0.05, 0) is 48.9 Å². The average molecular weight is 496 g/mol. The van der Waals surface area contributed by atoms with Crippen molar-refractivity contribution >= 4 is 46.7 Å². The van der Waals surface area contributed by atoms with Gasteiger partial charge in [-0.3, -0.25) is 4.79 Å². The van der Waals surface area contributed by atoms with Gasteiger partial charge in [0.2, 0.25) is 0 Å². The van der Waals surface area contributed by atoms with Gasteiger partial charge >= 0.3 is 0 Å². The van der Waals surface area contributed by atoms with Gasteiger partial charge in [0.25, 0.3) is 5.91 Å². The molecule has 1 aromatic heterocycles. The van der Waals surface area contributed by atoms with Crippen LogP contribution in [0.5, 0.6) is 0 Å². The number of hydrogen-bond acceptors (Lipinski definition) is 5. The summed E-state index contributed by atoms with van der Waals surface area (Å²) in [7, 11) is 0. The van der Waals surface area contributed by atoms with Crippen LogP contribution in [0.4, 0.5) is 10.1 Å². The van der Waals surface area contributed by atoms with Gasteiger partial charge in [-0.1, -0.05) is 77.1 Å². The second kappa shape index (κ2) is 10.8. The van der Waals surface area contributed by atoms with Crippen molar-refractivity contribution in [2.24, 2.45) is 0 Å². The lowest BCUT2D eigenvalue weighted by Crippen LogP contribution is -2.16. The third-order valence-corrected chi connectivity index (χ3v) is 6.81. The molecule has 3 aromatic carbocycles. The maximum absolute atomic E-state index is 14.1. The Morgan fingerprint density at radius 3 is 2.48 bits per heavy atom. The lowest BCUT2D eigenvalue weighted by molar-refractivity contribution is 0.101. The number of aromatic nitrogens is 2. The van der Waals surface area contributed by atoms with Gasteiger partial charge in [0, 0.05) is 21.9 Å². The number of thioether (sulfide) groups is 1. The molecule has 4 aromatic rings. The molecule has 1 N–H and O–H groups in total. The predicted octanol–water partition coefficient (Wildman–Crippen LogP) is 7.27. The highest BCUT2D eigenvalue weighted by Gasteiger charge is 2.18. The Balaban J connectivity index is 1.60. The Hall–Kier alpha value is -2.87. The summed E-state index contributed by atoms with van der Waals surface area (Å²) in [5.41, 5.74) is 2.60. The van der Waals surface area contributed by atoms with Crippen LogP contribution in [0.25, 0.3) is 0 Å². The van der Waals surface area contributed by atoms with Crippen molar-refractivity contribution in [1.29, 1.82) is 0 Å². The first kappa shape index (κ1) is 23.3. The molecule has 0 fully saturated rings. The second-order valence-electron chi connectivity index (χ2n) is 7.13. The Bertz CT molecular complexity index is 1270. The zero-order chi connectivity index (χ0) is 23.2. The van der Waals surface area contributed by atoms with Crippen molar-refractivity contribution in [1.82, 2.24) is 9.97 Å². The number of carbonyl (C=O) groups is 1. The fourth-order valence-electron chi connectivity index (χ4n) is 2.87. The largest absolute Gasteiger partial charge is 0.318 e. The van der Waals surface area contributed by atoms with Crippen molar-refractivity contribution in [2.75, 3.05) is 5.32 Å². The molecule has 4 rings (SSSR count). The summed E-state index contributed by atoms with van der Waals surface area (Å²) in [6.45, 7) is 2.04. The summed E-state index contributed by atoms with van der Waals surface area (Å²) >= 11 is 8.76. The molecule has 0 unspecified atom stereocenters. The standard InChI is InChI=1S/C25H19ClFN3OS2/c1-16-6-8-17(9-7-16)15-32-25-28-14-22(33-19-12-10-18(26)11-13-19)23(30-25)24(31)29-21-5-3-2-4-20(21)27/h2-14H,15H2,1H3,(H,29,31). The number of benzene rings is 3. The molecule has 33 heavy (non-hydrogen) atoms. The van der Waals surface area contributed by atoms with Crippen molar-refractivity contribution in [3.05, 3.63) is 107 Å². The highest BCUT2D eigenvalue weighted by Crippen LogP contribution is 2.32. The van der Waals surface area contributed by atoms with Gasteiger partial charge in [0.1, 0.15) is 11.5 Å². The molecular weight excluding hydrogens is 477 g/mol. The highest BCUT2D eigenvalue weighted by atomic mass is 35.5. The number of rotatable bonds is 7. The van der Waals surface area contributed by atoms with Crippen molar-refractivity contribution in [3.8, 4) is 0 Å². The molecule has 0 spiro atoms. The van der Waals surface area contributed by atoms with Crippen LogP contribution in [-0.2, 0) is 5.75 Å². The van der Waals surface area contributed by atoms with Crippen LogP contribution in [-0.4, -0.2) is 15.9 Å². The molecule has 1 amide bonds.